The number of nitrogens with zero attached hydrogens (tertiary/aromatic N) is 2. The Morgan fingerprint density at radius 1 is 1.21 bits per heavy atom. The van der Waals surface area contributed by atoms with Crippen LogP contribution in [-0.2, 0) is 11.3 Å². The quantitative estimate of drug-likeness (QED) is 0.894. The first-order valence-corrected chi connectivity index (χ1v) is 6.41. The fourth-order valence-corrected chi connectivity index (χ4v) is 1.94. The maximum atomic E-state index is 5.16. The van der Waals surface area contributed by atoms with Gasteiger partial charge in [0.15, 0.2) is 5.82 Å². The number of hydrogen-bond acceptors (Lipinski definition) is 4. The van der Waals surface area contributed by atoms with Crippen LogP contribution in [0.5, 0.6) is 0 Å². The smallest absolute Gasteiger partial charge is 0.162 e. The van der Waals surface area contributed by atoms with Crippen LogP contribution in [0.2, 0.25) is 0 Å². The second kappa shape index (κ2) is 6.29. The first-order chi connectivity index (χ1) is 9.24. The molecule has 0 aliphatic rings. The molecule has 4 nitrogen and oxygen atoms in total. The number of ether oxygens (including phenoxy) is 1. The minimum Gasteiger partial charge on any atom is -0.378 e. The summed E-state index contributed by atoms with van der Waals surface area (Å²) < 4.78 is 5.16. The van der Waals surface area contributed by atoms with E-state index in [-0.39, 0.29) is 0 Å². The van der Waals surface area contributed by atoms with E-state index in [4.69, 9.17) is 4.74 Å². The highest BCUT2D eigenvalue weighted by molar-refractivity contribution is 5.61. The predicted octanol–water partition coefficient (Wildman–Crippen LogP) is 3.03. The molecule has 100 valence electrons. The van der Waals surface area contributed by atoms with E-state index < -0.39 is 0 Å². The fourth-order valence-electron chi connectivity index (χ4n) is 1.94. The topological polar surface area (TPSA) is 47.0 Å². The van der Waals surface area contributed by atoms with E-state index in [2.05, 4.69) is 28.3 Å². The highest BCUT2D eigenvalue weighted by Crippen LogP contribution is 2.21. The summed E-state index contributed by atoms with van der Waals surface area (Å²) in [6.45, 7) is 5.43. The van der Waals surface area contributed by atoms with Crippen LogP contribution in [0, 0.1) is 6.92 Å². The molecule has 0 saturated carbocycles. The standard InChI is InChI=1S/C15H19N3O/c1-4-16-14-9-12(10-19-3)17-15(18-14)13-8-6-5-7-11(13)2/h5-9H,4,10H2,1-3H3,(H,16,17,18). The molecule has 0 atom stereocenters. The second-order valence-corrected chi connectivity index (χ2v) is 4.35. The first kappa shape index (κ1) is 13.5. The molecule has 0 radical (unpaired) electrons. The zero-order chi connectivity index (χ0) is 13.7. The number of anilines is 1. The zero-order valence-corrected chi connectivity index (χ0v) is 11.6. The summed E-state index contributed by atoms with van der Waals surface area (Å²) in [7, 11) is 1.67. The Bertz CT molecular complexity index is 531. The molecule has 0 spiro atoms. The van der Waals surface area contributed by atoms with Gasteiger partial charge < -0.3 is 10.1 Å². The lowest BCUT2D eigenvalue weighted by molar-refractivity contribution is 0.181. The van der Waals surface area contributed by atoms with Crippen molar-refractivity contribution in [3.05, 3.63) is 41.6 Å². The van der Waals surface area contributed by atoms with Gasteiger partial charge >= 0.3 is 0 Å². The van der Waals surface area contributed by atoms with Crippen LogP contribution in [0.25, 0.3) is 11.4 Å². The van der Waals surface area contributed by atoms with Crippen molar-refractivity contribution >= 4 is 5.82 Å². The number of rotatable bonds is 5. The summed E-state index contributed by atoms with van der Waals surface area (Å²) in [5.41, 5.74) is 3.10. The van der Waals surface area contributed by atoms with Gasteiger partial charge in [0.25, 0.3) is 0 Å². The van der Waals surface area contributed by atoms with Crippen molar-refractivity contribution in [3.63, 3.8) is 0 Å². The molecule has 1 aromatic carbocycles. The summed E-state index contributed by atoms with van der Waals surface area (Å²) in [5, 5.41) is 3.23. The maximum Gasteiger partial charge on any atom is 0.162 e. The molecule has 0 aliphatic carbocycles. The summed E-state index contributed by atoms with van der Waals surface area (Å²) in [5.74, 6) is 1.58. The highest BCUT2D eigenvalue weighted by Gasteiger charge is 2.08. The molecule has 1 N–H and O–H groups in total. The molecule has 2 rings (SSSR count). The predicted molar refractivity (Wildman–Crippen MR) is 77.1 cm³/mol. The Labute approximate surface area is 113 Å². The molecule has 0 unspecified atom stereocenters. The van der Waals surface area contributed by atoms with Gasteiger partial charge in [-0.15, -0.1) is 0 Å². The third-order valence-electron chi connectivity index (χ3n) is 2.82. The number of aryl methyl sites for hydroxylation is 1. The van der Waals surface area contributed by atoms with Crippen LogP contribution in [0.4, 0.5) is 5.82 Å². The Morgan fingerprint density at radius 2 is 2.00 bits per heavy atom. The Kier molecular flexibility index (Phi) is 4.47. The Hall–Kier alpha value is -1.94. The monoisotopic (exact) mass is 257 g/mol. The molecule has 0 aliphatic heterocycles. The van der Waals surface area contributed by atoms with Gasteiger partial charge in [-0.05, 0) is 19.4 Å². The summed E-state index contributed by atoms with van der Waals surface area (Å²) in [4.78, 5) is 9.12. The summed E-state index contributed by atoms with van der Waals surface area (Å²) in [6, 6.07) is 10.0. The number of methoxy groups -OCH3 is 1. The largest absolute Gasteiger partial charge is 0.378 e. The molecule has 1 heterocycles. The minimum atomic E-state index is 0.486. The van der Waals surface area contributed by atoms with Crippen LogP contribution < -0.4 is 5.32 Å². The molecular formula is C15H19N3O. The van der Waals surface area contributed by atoms with Gasteiger partial charge in [0.05, 0.1) is 12.3 Å². The van der Waals surface area contributed by atoms with Crippen LogP contribution in [0.3, 0.4) is 0 Å². The molecule has 1 aromatic heterocycles. The summed E-state index contributed by atoms with van der Waals surface area (Å²) in [6.07, 6.45) is 0. The molecular weight excluding hydrogens is 238 g/mol. The van der Waals surface area contributed by atoms with E-state index >= 15 is 0 Å². The number of benzene rings is 1. The van der Waals surface area contributed by atoms with Gasteiger partial charge in [0.2, 0.25) is 0 Å². The van der Waals surface area contributed by atoms with Crippen molar-refractivity contribution < 1.29 is 4.74 Å². The molecule has 0 amide bonds. The average molecular weight is 257 g/mol. The third-order valence-corrected chi connectivity index (χ3v) is 2.82. The van der Waals surface area contributed by atoms with Crippen molar-refractivity contribution in [1.29, 1.82) is 0 Å². The van der Waals surface area contributed by atoms with Crippen molar-refractivity contribution in [3.8, 4) is 11.4 Å². The SMILES string of the molecule is CCNc1cc(COC)nc(-c2ccccc2C)n1. The van der Waals surface area contributed by atoms with Crippen molar-refractivity contribution in [2.75, 3.05) is 19.0 Å². The lowest BCUT2D eigenvalue weighted by atomic mass is 10.1. The van der Waals surface area contributed by atoms with Gasteiger partial charge in [-0.25, -0.2) is 9.97 Å². The summed E-state index contributed by atoms with van der Waals surface area (Å²) >= 11 is 0. The number of nitrogens with one attached hydrogen (secondary N) is 1. The highest BCUT2D eigenvalue weighted by atomic mass is 16.5. The Balaban J connectivity index is 2.46. The zero-order valence-electron chi connectivity index (χ0n) is 11.6. The van der Waals surface area contributed by atoms with Gasteiger partial charge in [0.1, 0.15) is 5.82 Å². The molecule has 0 fully saturated rings. The van der Waals surface area contributed by atoms with E-state index in [9.17, 15) is 0 Å². The van der Waals surface area contributed by atoms with E-state index in [1.807, 2.05) is 31.2 Å². The molecule has 0 bridgehead atoms. The van der Waals surface area contributed by atoms with E-state index in [1.165, 1.54) is 5.56 Å². The van der Waals surface area contributed by atoms with E-state index in [0.717, 1.165) is 29.4 Å². The molecule has 19 heavy (non-hydrogen) atoms. The lowest BCUT2D eigenvalue weighted by Crippen LogP contribution is -2.05. The second-order valence-electron chi connectivity index (χ2n) is 4.35. The van der Waals surface area contributed by atoms with Crippen molar-refractivity contribution in [2.45, 2.75) is 20.5 Å². The van der Waals surface area contributed by atoms with Gasteiger partial charge in [-0.2, -0.15) is 0 Å². The van der Waals surface area contributed by atoms with Crippen molar-refractivity contribution in [2.24, 2.45) is 0 Å². The molecule has 2 aromatic rings. The fraction of sp³-hybridized carbons (Fsp3) is 0.333. The van der Waals surface area contributed by atoms with Crippen LogP contribution >= 0.6 is 0 Å². The Morgan fingerprint density at radius 3 is 2.68 bits per heavy atom. The van der Waals surface area contributed by atoms with Crippen molar-refractivity contribution in [1.82, 2.24) is 9.97 Å². The first-order valence-electron chi connectivity index (χ1n) is 6.41. The average Bonchev–Trinajstić information content (AvgIpc) is 2.40. The van der Waals surface area contributed by atoms with Gasteiger partial charge in [-0.3, -0.25) is 0 Å². The maximum absolute atomic E-state index is 5.16. The lowest BCUT2D eigenvalue weighted by Gasteiger charge is -2.10. The molecule has 4 heteroatoms. The van der Waals surface area contributed by atoms with E-state index in [1.54, 1.807) is 7.11 Å². The normalized spacial score (nSPS) is 10.5. The van der Waals surface area contributed by atoms with Gasteiger partial charge in [0, 0.05) is 25.3 Å². The number of aromatic nitrogens is 2. The number of hydrogen-bond donors (Lipinski definition) is 1. The van der Waals surface area contributed by atoms with Crippen LogP contribution in [0.1, 0.15) is 18.2 Å². The molecule has 0 saturated heterocycles. The van der Waals surface area contributed by atoms with Crippen LogP contribution in [0.15, 0.2) is 30.3 Å². The van der Waals surface area contributed by atoms with Gasteiger partial charge in [-0.1, -0.05) is 24.3 Å². The minimum absolute atomic E-state index is 0.486. The van der Waals surface area contributed by atoms with E-state index in [0.29, 0.717) is 6.61 Å². The van der Waals surface area contributed by atoms with Crippen LogP contribution in [-0.4, -0.2) is 23.6 Å². The third kappa shape index (κ3) is 3.29.